The number of rotatable bonds is 3. The van der Waals surface area contributed by atoms with E-state index in [-0.39, 0.29) is 5.91 Å². The van der Waals surface area contributed by atoms with E-state index < -0.39 is 0 Å². The summed E-state index contributed by atoms with van der Waals surface area (Å²) in [5.74, 6) is 5.07. The molecule has 0 saturated carbocycles. The van der Waals surface area contributed by atoms with E-state index in [1.807, 2.05) is 29.2 Å². The highest BCUT2D eigenvalue weighted by Gasteiger charge is 2.15. The maximum Gasteiger partial charge on any atom is 0.239 e. The van der Waals surface area contributed by atoms with Gasteiger partial charge < -0.3 is 10.2 Å². The fourth-order valence-corrected chi connectivity index (χ4v) is 1.76. The molecule has 0 aliphatic carbocycles. The predicted molar refractivity (Wildman–Crippen MR) is 60.6 cm³/mol. The number of nitrogens with one attached hydrogen (secondary N) is 1. The normalized spacial score (nSPS) is 16.1. The minimum Gasteiger partial charge on any atom is -0.360 e. The van der Waals surface area contributed by atoms with Crippen molar-refractivity contribution in [2.75, 3.05) is 24.5 Å². The molecule has 5 nitrogen and oxygen atoms in total. The summed E-state index contributed by atoms with van der Waals surface area (Å²) in [5.41, 5.74) is 2.07. The van der Waals surface area contributed by atoms with E-state index in [2.05, 4.69) is 10.2 Å². The van der Waals surface area contributed by atoms with Gasteiger partial charge >= 0.3 is 0 Å². The minimum atomic E-state index is 0.0700. The van der Waals surface area contributed by atoms with Gasteiger partial charge in [-0.1, -0.05) is 12.1 Å². The molecule has 2 rings (SSSR count). The maximum atomic E-state index is 11.2. The van der Waals surface area contributed by atoms with Crippen molar-refractivity contribution in [1.82, 2.24) is 5.32 Å². The van der Waals surface area contributed by atoms with Crippen LogP contribution >= 0.6 is 0 Å². The minimum absolute atomic E-state index is 0.0700. The zero-order valence-electron chi connectivity index (χ0n) is 8.98. The SMILES string of the molecule is NOCc1ccc(N2CCNC(=O)C2)cc1. The van der Waals surface area contributed by atoms with Crippen molar-refractivity contribution < 1.29 is 9.63 Å². The summed E-state index contributed by atoms with van der Waals surface area (Å²) in [5, 5.41) is 2.80. The average molecular weight is 221 g/mol. The van der Waals surface area contributed by atoms with Gasteiger partial charge in [0.15, 0.2) is 0 Å². The predicted octanol–water partition coefficient (Wildman–Crippen LogP) is 0.0131. The number of nitrogens with zero attached hydrogens (tertiary/aromatic N) is 1. The van der Waals surface area contributed by atoms with Crippen LogP contribution in [0.2, 0.25) is 0 Å². The number of nitrogens with two attached hydrogens (primary N) is 1. The Morgan fingerprint density at radius 1 is 1.38 bits per heavy atom. The first-order valence-corrected chi connectivity index (χ1v) is 5.22. The van der Waals surface area contributed by atoms with E-state index in [9.17, 15) is 4.79 Å². The third-order valence-corrected chi connectivity index (χ3v) is 2.59. The van der Waals surface area contributed by atoms with Crippen molar-refractivity contribution >= 4 is 11.6 Å². The molecule has 1 fully saturated rings. The smallest absolute Gasteiger partial charge is 0.239 e. The zero-order chi connectivity index (χ0) is 11.4. The summed E-state index contributed by atoms with van der Waals surface area (Å²) < 4.78 is 0. The summed E-state index contributed by atoms with van der Waals surface area (Å²) in [6.07, 6.45) is 0. The highest BCUT2D eigenvalue weighted by molar-refractivity contribution is 5.82. The van der Waals surface area contributed by atoms with E-state index in [4.69, 9.17) is 5.90 Å². The van der Waals surface area contributed by atoms with Crippen LogP contribution in [0.15, 0.2) is 24.3 Å². The average Bonchev–Trinajstić information content (AvgIpc) is 2.30. The number of amides is 1. The van der Waals surface area contributed by atoms with E-state index in [1.165, 1.54) is 0 Å². The van der Waals surface area contributed by atoms with Gasteiger partial charge in [-0.05, 0) is 17.7 Å². The Morgan fingerprint density at radius 2 is 2.12 bits per heavy atom. The number of hydrogen-bond donors (Lipinski definition) is 2. The molecule has 1 aromatic carbocycles. The fraction of sp³-hybridized carbons (Fsp3) is 0.364. The molecule has 16 heavy (non-hydrogen) atoms. The Labute approximate surface area is 94.1 Å². The summed E-state index contributed by atoms with van der Waals surface area (Å²) in [6.45, 7) is 2.37. The molecule has 3 N–H and O–H groups in total. The van der Waals surface area contributed by atoms with Gasteiger partial charge in [0, 0.05) is 18.8 Å². The number of carbonyl (C=O) groups excluding carboxylic acids is 1. The molecule has 86 valence electrons. The summed E-state index contributed by atoms with van der Waals surface area (Å²) >= 11 is 0. The molecule has 1 aromatic rings. The van der Waals surface area contributed by atoms with Gasteiger partial charge in [0.1, 0.15) is 0 Å². The van der Waals surface area contributed by atoms with Crippen molar-refractivity contribution in [3.05, 3.63) is 29.8 Å². The topological polar surface area (TPSA) is 67.6 Å². The van der Waals surface area contributed by atoms with Gasteiger partial charge in [0.05, 0.1) is 13.2 Å². The second-order valence-electron chi connectivity index (χ2n) is 3.75. The Hall–Kier alpha value is -1.59. The lowest BCUT2D eigenvalue weighted by Gasteiger charge is -2.28. The first kappa shape index (κ1) is 10.9. The third-order valence-electron chi connectivity index (χ3n) is 2.59. The zero-order valence-corrected chi connectivity index (χ0v) is 8.98. The van der Waals surface area contributed by atoms with Gasteiger partial charge in [-0.15, -0.1) is 0 Å². The first-order valence-electron chi connectivity index (χ1n) is 5.22. The second kappa shape index (κ2) is 4.96. The quantitative estimate of drug-likeness (QED) is 0.706. The number of anilines is 1. The lowest BCUT2D eigenvalue weighted by atomic mass is 10.2. The molecule has 0 spiro atoms. The van der Waals surface area contributed by atoms with E-state index in [0.717, 1.165) is 17.8 Å². The number of benzene rings is 1. The standard InChI is InChI=1S/C11H15N3O2/c12-16-8-9-1-3-10(4-2-9)14-6-5-13-11(15)7-14/h1-4H,5-8,12H2,(H,13,15). The van der Waals surface area contributed by atoms with Crippen LogP contribution in [0.4, 0.5) is 5.69 Å². The first-order chi connectivity index (χ1) is 7.79. The molecule has 0 atom stereocenters. The van der Waals surface area contributed by atoms with Crippen molar-refractivity contribution in [1.29, 1.82) is 0 Å². The van der Waals surface area contributed by atoms with Gasteiger partial charge in [0.25, 0.3) is 0 Å². The molecule has 0 aromatic heterocycles. The molecule has 1 aliphatic rings. The Balaban J connectivity index is 2.05. The van der Waals surface area contributed by atoms with Gasteiger partial charge in [-0.25, -0.2) is 5.90 Å². The lowest BCUT2D eigenvalue weighted by Crippen LogP contribution is -2.47. The van der Waals surface area contributed by atoms with Crippen LogP contribution in [0.25, 0.3) is 0 Å². The van der Waals surface area contributed by atoms with Crippen LogP contribution in [0.5, 0.6) is 0 Å². The Morgan fingerprint density at radius 3 is 2.75 bits per heavy atom. The van der Waals surface area contributed by atoms with Crippen LogP contribution in [0.1, 0.15) is 5.56 Å². The molecule has 5 heteroatoms. The van der Waals surface area contributed by atoms with Crippen LogP contribution in [-0.2, 0) is 16.2 Å². The van der Waals surface area contributed by atoms with Gasteiger partial charge in [0.2, 0.25) is 5.91 Å². The second-order valence-corrected chi connectivity index (χ2v) is 3.75. The third kappa shape index (κ3) is 2.50. The monoisotopic (exact) mass is 221 g/mol. The highest BCUT2D eigenvalue weighted by atomic mass is 16.6. The Kier molecular flexibility index (Phi) is 3.38. The van der Waals surface area contributed by atoms with Crippen molar-refractivity contribution in [3.8, 4) is 0 Å². The summed E-state index contributed by atoms with van der Waals surface area (Å²) in [7, 11) is 0. The molecule has 1 saturated heterocycles. The van der Waals surface area contributed by atoms with Gasteiger partial charge in [-0.2, -0.15) is 0 Å². The maximum absolute atomic E-state index is 11.2. The van der Waals surface area contributed by atoms with Crippen molar-refractivity contribution in [2.24, 2.45) is 5.90 Å². The molecule has 1 amide bonds. The molecule has 1 heterocycles. The van der Waals surface area contributed by atoms with E-state index in [0.29, 0.717) is 19.7 Å². The van der Waals surface area contributed by atoms with Crippen LogP contribution in [0.3, 0.4) is 0 Å². The van der Waals surface area contributed by atoms with E-state index >= 15 is 0 Å². The highest BCUT2D eigenvalue weighted by Crippen LogP contribution is 2.16. The molecular weight excluding hydrogens is 206 g/mol. The van der Waals surface area contributed by atoms with Crippen LogP contribution in [0, 0.1) is 0 Å². The van der Waals surface area contributed by atoms with Crippen LogP contribution < -0.4 is 16.1 Å². The number of piperazine rings is 1. The summed E-state index contributed by atoms with van der Waals surface area (Å²) in [4.78, 5) is 17.8. The molecule has 1 aliphatic heterocycles. The van der Waals surface area contributed by atoms with Gasteiger partial charge in [-0.3, -0.25) is 9.63 Å². The van der Waals surface area contributed by atoms with Crippen molar-refractivity contribution in [2.45, 2.75) is 6.61 Å². The molecule has 0 unspecified atom stereocenters. The Bertz CT molecular complexity index is 364. The molecular formula is C11H15N3O2. The van der Waals surface area contributed by atoms with Crippen LogP contribution in [-0.4, -0.2) is 25.5 Å². The van der Waals surface area contributed by atoms with Crippen molar-refractivity contribution in [3.63, 3.8) is 0 Å². The fourth-order valence-electron chi connectivity index (χ4n) is 1.76. The largest absolute Gasteiger partial charge is 0.360 e. The number of carbonyl (C=O) groups is 1. The lowest BCUT2D eigenvalue weighted by molar-refractivity contribution is -0.120. The van der Waals surface area contributed by atoms with E-state index in [1.54, 1.807) is 0 Å². The molecule has 0 bridgehead atoms. The molecule has 0 radical (unpaired) electrons. The summed E-state index contributed by atoms with van der Waals surface area (Å²) in [6, 6.07) is 7.86. The number of hydrogen-bond acceptors (Lipinski definition) is 4.